The number of carbonyl (C=O) groups is 1. The molecule has 2 heterocycles. The fraction of sp³-hybridized carbons (Fsp3) is 0.667. The minimum atomic E-state index is -0.306. The van der Waals surface area contributed by atoms with E-state index in [9.17, 15) is 4.79 Å². The summed E-state index contributed by atoms with van der Waals surface area (Å²) >= 11 is 0. The Morgan fingerprint density at radius 2 is 2.13 bits per heavy atom. The Balaban J connectivity index is 1.72. The van der Waals surface area contributed by atoms with Gasteiger partial charge in [0.2, 0.25) is 0 Å². The number of nitrogens with zero attached hydrogens (tertiary/aromatic N) is 2. The second kappa shape index (κ2) is 8.75. The Hall–Kier alpha value is -1.78. The molecular formula is C18H29N3O2. The molecule has 1 saturated heterocycles. The van der Waals surface area contributed by atoms with Gasteiger partial charge < -0.3 is 15.0 Å². The Kier molecular flexibility index (Phi) is 6.68. The van der Waals surface area contributed by atoms with E-state index in [1.54, 1.807) is 0 Å². The molecule has 0 radical (unpaired) electrons. The molecule has 1 amide bonds. The van der Waals surface area contributed by atoms with E-state index in [4.69, 9.17) is 4.74 Å². The molecule has 0 spiro atoms. The topological polar surface area (TPSA) is 54.5 Å². The van der Waals surface area contributed by atoms with E-state index in [0.29, 0.717) is 25.0 Å². The molecule has 1 fully saturated rings. The van der Waals surface area contributed by atoms with Crippen LogP contribution >= 0.6 is 0 Å². The predicted octanol–water partition coefficient (Wildman–Crippen LogP) is 3.56. The number of aromatic nitrogens is 1. The molecule has 5 nitrogen and oxygen atoms in total. The maximum absolute atomic E-state index is 11.2. The summed E-state index contributed by atoms with van der Waals surface area (Å²) in [6.07, 6.45) is 5.01. The first-order valence-corrected chi connectivity index (χ1v) is 8.71. The average molecular weight is 319 g/mol. The summed E-state index contributed by atoms with van der Waals surface area (Å²) in [5.41, 5.74) is 1.29. The average Bonchev–Trinajstić information content (AvgIpc) is 2.56. The molecule has 0 aromatic carbocycles. The van der Waals surface area contributed by atoms with E-state index in [0.717, 1.165) is 38.2 Å². The maximum Gasteiger partial charge on any atom is 0.407 e. The SMILES string of the molecule is CCOC(=O)NCCC1CCN(c2ccc(C(C)C)cn2)CC1. The van der Waals surface area contributed by atoms with Crippen LogP contribution in [0.1, 0.15) is 51.5 Å². The minimum absolute atomic E-state index is 0.306. The van der Waals surface area contributed by atoms with Crippen molar-refractivity contribution in [1.29, 1.82) is 0 Å². The van der Waals surface area contributed by atoms with Gasteiger partial charge in [-0.15, -0.1) is 0 Å². The number of carbonyl (C=O) groups excluding carboxylic acids is 1. The molecule has 5 heteroatoms. The van der Waals surface area contributed by atoms with Gasteiger partial charge in [-0.05, 0) is 49.7 Å². The van der Waals surface area contributed by atoms with Crippen LogP contribution in [0.3, 0.4) is 0 Å². The van der Waals surface area contributed by atoms with Crippen molar-refractivity contribution in [3.05, 3.63) is 23.9 Å². The summed E-state index contributed by atoms with van der Waals surface area (Å²) in [5, 5.41) is 2.80. The van der Waals surface area contributed by atoms with Crippen molar-refractivity contribution < 1.29 is 9.53 Å². The molecule has 0 bridgehead atoms. The lowest BCUT2D eigenvalue weighted by Crippen LogP contribution is -2.35. The smallest absolute Gasteiger partial charge is 0.407 e. The quantitative estimate of drug-likeness (QED) is 0.871. The highest BCUT2D eigenvalue weighted by Gasteiger charge is 2.20. The Morgan fingerprint density at radius 3 is 2.70 bits per heavy atom. The largest absolute Gasteiger partial charge is 0.450 e. The third kappa shape index (κ3) is 5.41. The highest BCUT2D eigenvalue weighted by Crippen LogP contribution is 2.24. The molecule has 1 aliphatic heterocycles. The summed E-state index contributed by atoms with van der Waals surface area (Å²) in [7, 11) is 0. The third-order valence-electron chi connectivity index (χ3n) is 4.47. The lowest BCUT2D eigenvalue weighted by molar-refractivity contribution is 0.151. The van der Waals surface area contributed by atoms with Gasteiger partial charge in [0, 0.05) is 25.8 Å². The Bertz CT molecular complexity index is 480. The summed E-state index contributed by atoms with van der Waals surface area (Å²) in [6, 6.07) is 4.32. The lowest BCUT2D eigenvalue weighted by Gasteiger charge is -2.33. The van der Waals surface area contributed by atoms with Crippen LogP contribution in [0.4, 0.5) is 10.6 Å². The first kappa shape index (κ1) is 17.6. The molecule has 0 saturated carbocycles. The number of alkyl carbamates (subject to hydrolysis) is 1. The van der Waals surface area contributed by atoms with Crippen molar-refractivity contribution in [3.63, 3.8) is 0 Å². The number of hydrogen-bond acceptors (Lipinski definition) is 4. The number of ether oxygens (including phenoxy) is 1. The molecule has 1 N–H and O–H groups in total. The monoisotopic (exact) mass is 319 g/mol. The Morgan fingerprint density at radius 1 is 1.39 bits per heavy atom. The number of anilines is 1. The van der Waals surface area contributed by atoms with Crippen molar-refractivity contribution in [1.82, 2.24) is 10.3 Å². The molecule has 128 valence electrons. The number of pyridine rings is 1. The fourth-order valence-corrected chi connectivity index (χ4v) is 2.94. The van der Waals surface area contributed by atoms with Crippen molar-refractivity contribution >= 4 is 11.9 Å². The van der Waals surface area contributed by atoms with Gasteiger partial charge in [0.15, 0.2) is 0 Å². The van der Waals surface area contributed by atoms with E-state index < -0.39 is 0 Å². The highest BCUT2D eigenvalue weighted by atomic mass is 16.5. The van der Waals surface area contributed by atoms with Crippen LogP contribution in [-0.2, 0) is 4.74 Å². The third-order valence-corrected chi connectivity index (χ3v) is 4.47. The fourth-order valence-electron chi connectivity index (χ4n) is 2.94. The molecule has 1 aromatic rings. The first-order chi connectivity index (χ1) is 11.1. The van der Waals surface area contributed by atoms with Gasteiger partial charge in [0.25, 0.3) is 0 Å². The van der Waals surface area contributed by atoms with Crippen LogP contribution in [0.5, 0.6) is 0 Å². The maximum atomic E-state index is 11.2. The number of piperidine rings is 1. The van der Waals surface area contributed by atoms with Crippen LogP contribution in [0.2, 0.25) is 0 Å². The molecular weight excluding hydrogens is 290 g/mol. The van der Waals surface area contributed by atoms with Crippen molar-refractivity contribution in [3.8, 4) is 0 Å². The normalized spacial score (nSPS) is 15.7. The zero-order valence-corrected chi connectivity index (χ0v) is 14.5. The van der Waals surface area contributed by atoms with Crippen LogP contribution in [-0.4, -0.2) is 37.3 Å². The van der Waals surface area contributed by atoms with E-state index in [1.807, 2.05) is 13.1 Å². The second-order valence-electron chi connectivity index (χ2n) is 6.47. The molecule has 0 aliphatic carbocycles. The number of rotatable bonds is 6. The molecule has 0 atom stereocenters. The van der Waals surface area contributed by atoms with E-state index in [1.165, 1.54) is 5.56 Å². The Labute approximate surface area is 139 Å². The zero-order chi connectivity index (χ0) is 16.7. The van der Waals surface area contributed by atoms with Crippen LogP contribution in [0.25, 0.3) is 0 Å². The summed E-state index contributed by atoms with van der Waals surface area (Å²) in [5.74, 6) is 2.27. The van der Waals surface area contributed by atoms with E-state index in [-0.39, 0.29) is 6.09 Å². The lowest BCUT2D eigenvalue weighted by atomic mass is 9.93. The highest BCUT2D eigenvalue weighted by molar-refractivity contribution is 5.66. The standard InChI is InChI=1S/C18H29N3O2/c1-4-23-18(22)19-10-7-15-8-11-21(12-9-15)17-6-5-16(13-20-17)14(2)3/h5-6,13-15H,4,7-12H2,1-3H3,(H,19,22). The van der Waals surface area contributed by atoms with Crippen molar-refractivity contribution in [2.75, 3.05) is 31.1 Å². The summed E-state index contributed by atoms with van der Waals surface area (Å²) in [6.45, 7) is 9.39. The number of nitrogens with one attached hydrogen (secondary N) is 1. The van der Waals surface area contributed by atoms with Gasteiger partial charge in [0.05, 0.1) is 6.61 Å². The van der Waals surface area contributed by atoms with Gasteiger partial charge in [-0.1, -0.05) is 19.9 Å². The van der Waals surface area contributed by atoms with E-state index >= 15 is 0 Å². The van der Waals surface area contributed by atoms with Crippen LogP contribution < -0.4 is 10.2 Å². The number of amides is 1. The minimum Gasteiger partial charge on any atom is -0.450 e. The second-order valence-corrected chi connectivity index (χ2v) is 6.47. The van der Waals surface area contributed by atoms with Gasteiger partial charge in [-0.25, -0.2) is 9.78 Å². The van der Waals surface area contributed by atoms with Crippen LogP contribution in [0.15, 0.2) is 18.3 Å². The molecule has 23 heavy (non-hydrogen) atoms. The van der Waals surface area contributed by atoms with Gasteiger partial charge in [-0.2, -0.15) is 0 Å². The van der Waals surface area contributed by atoms with Crippen molar-refractivity contribution in [2.45, 2.75) is 46.0 Å². The molecule has 2 rings (SSSR count). The van der Waals surface area contributed by atoms with Gasteiger partial charge in [-0.3, -0.25) is 0 Å². The van der Waals surface area contributed by atoms with Crippen LogP contribution in [0, 0.1) is 5.92 Å². The molecule has 1 aromatic heterocycles. The van der Waals surface area contributed by atoms with E-state index in [2.05, 4.69) is 41.2 Å². The predicted molar refractivity (Wildman–Crippen MR) is 92.9 cm³/mol. The molecule has 1 aliphatic rings. The number of hydrogen-bond donors (Lipinski definition) is 1. The van der Waals surface area contributed by atoms with Crippen molar-refractivity contribution in [2.24, 2.45) is 5.92 Å². The summed E-state index contributed by atoms with van der Waals surface area (Å²) in [4.78, 5) is 18.2. The van der Waals surface area contributed by atoms with Gasteiger partial charge >= 0.3 is 6.09 Å². The van der Waals surface area contributed by atoms with Gasteiger partial charge in [0.1, 0.15) is 5.82 Å². The summed E-state index contributed by atoms with van der Waals surface area (Å²) < 4.78 is 4.87. The zero-order valence-electron chi connectivity index (χ0n) is 14.5. The first-order valence-electron chi connectivity index (χ1n) is 8.71. The molecule has 0 unspecified atom stereocenters.